The van der Waals surface area contributed by atoms with Crippen LogP contribution in [0.4, 0.5) is 0 Å². The zero-order valence-corrected chi connectivity index (χ0v) is 7.29. The molecule has 64 valence electrons. The molecule has 1 rings (SSSR count). The number of aliphatic hydroxyl groups excluding tert-OH is 1. The summed E-state index contributed by atoms with van der Waals surface area (Å²) in [6.45, 7) is 1.90. The van der Waals surface area contributed by atoms with Crippen molar-refractivity contribution in [3.05, 3.63) is 0 Å². The van der Waals surface area contributed by atoms with E-state index in [2.05, 4.69) is 0 Å². The minimum Gasteiger partial charge on any atom is -0.393 e. The predicted octanol–water partition coefficient (Wildman–Crippen LogP) is 0.236. The molecule has 11 heavy (non-hydrogen) atoms. The lowest BCUT2D eigenvalue weighted by Gasteiger charge is -2.42. The first-order chi connectivity index (χ1) is 4.96. The lowest BCUT2D eigenvalue weighted by molar-refractivity contribution is -0.150. The number of hydrogen-bond donors (Lipinski definition) is 1. The second-order valence-corrected chi connectivity index (χ2v) is 3.82. The molecule has 0 bridgehead atoms. The Bertz CT molecular complexity index is 171. The summed E-state index contributed by atoms with van der Waals surface area (Å²) in [5.41, 5.74) is -0.289. The molecular weight excluding hydrogens is 142 g/mol. The van der Waals surface area contributed by atoms with Crippen molar-refractivity contribution in [1.29, 1.82) is 0 Å². The van der Waals surface area contributed by atoms with Crippen LogP contribution in [0.25, 0.3) is 0 Å². The summed E-state index contributed by atoms with van der Waals surface area (Å²) in [6.07, 6.45) is 0.970. The van der Waals surface area contributed by atoms with E-state index in [1.807, 2.05) is 6.92 Å². The molecule has 0 aliphatic heterocycles. The third kappa shape index (κ3) is 1.38. The van der Waals surface area contributed by atoms with E-state index in [0.29, 0.717) is 12.8 Å². The summed E-state index contributed by atoms with van der Waals surface area (Å²) in [5.74, 6) is 0.128. The molecule has 1 aliphatic rings. The maximum absolute atomic E-state index is 11.4. The molecule has 0 spiro atoms. The molecule has 1 saturated carbocycles. The zero-order valence-electron chi connectivity index (χ0n) is 7.29. The van der Waals surface area contributed by atoms with Gasteiger partial charge in [-0.15, -0.1) is 0 Å². The van der Waals surface area contributed by atoms with Crippen LogP contribution in [-0.4, -0.2) is 36.1 Å². The van der Waals surface area contributed by atoms with Crippen LogP contribution in [0.1, 0.15) is 19.8 Å². The fourth-order valence-corrected chi connectivity index (χ4v) is 1.69. The van der Waals surface area contributed by atoms with Gasteiger partial charge in [0.1, 0.15) is 0 Å². The van der Waals surface area contributed by atoms with Gasteiger partial charge in [0.25, 0.3) is 0 Å². The van der Waals surface area contributed by atoms with Gasteiger partial charge in [0, 0.05) is 14.1 Å². The average Bonchev–Trinajstić information content (AvgIpc) is 1.83. The highest BCUT2D eigenvalue weighted by Gasteiger charge is 2.46. The lowest BCUT2D eigenvalue weighted by atomic mass is 9.67. The van der Waals surface area contributed by atoms with Crippen molar-refractivity contribution in [2.75, 3.05) is 14.1 Å². The second kappa shape index (κ2) is 2.48. The van der Waals surface area contributed by atoms with Crippen LogP contribution in [-0.2, 0) is 4.79 Å². The zero-order chi connectivity index (χ0) is 8.65. The monoisotopic (exact) mass is 157 g/mol. The van der Waals surface area contributed by atoms with Gasteiger partial charge in [0.15, 0.2) is 0 Å². The van der Waals surface area contributed by atoms with E-state index in [1.165, 1.54) is 0 Å². The summed E-state index contributed by atoms with van der Waals surface area (Å²) in [4.78, 5) is 13.0. The first-order valence-corrected chi connectivity index (χ1v) is 3.85. The van der Waals surface area contributed by atoms with Crippen molar-refractivity contribution in [2.24, 2.45) is 5.41 Å². The SMILES string of the molecule is CN(C)C(=O)C1(C)CC(O)C1. The first-order valence-electron chi connectivity index (χ1n) is 3.85. The molecule has 1 aliphatic carbocycles. The van der Waals surface area contributed by atoms with Crippen LogP contribution < -0.4 is 0 Å². The van der Waals surface area contributed by atoms with E-state index in [1.54, 1.807) is 19.0 Å². The Kier molecular flexibility index (Phi) is 1.92. The van der Waals surface area contributed by atoms with Crippen molar-refractivity contribution in [1.82, 2.24) is 4.90 Å². The Morgan fingerprint density at radius 1 is 1.55 bits per heavy atom. The van der Waals surface area contributed by atoms with Gasteiger partial charge in [-0.3, -0.25) is 4.79 Å². The van der Waals surface area contributed by atoms with E-state index in [0.717, 1.165) is 0 Å². The van der Waals surface area contributed by atoms with Gasteiger partial charge in [-0.25, -0.2) is 0 Å². The Morgan fingerprint density at radius 2 is 2.00 bits per heavy atom. The molecule has 0 heterocycles. The average molecular weight is 157 g/mol. The van der Waals surface area contributed by atoms with Gasteiger partial charge in [0.05, 0.1) is 11.5 Å². The molecule has 1 amide bonds. The molecule has 3 heteroatoms. The summed E-state index contributed by atoms with van der Waals surface area (Å²) >= 11 is 0. The highest BCUT2D eigenvalue weighted by molar-refractivity contribution is 5.83. The molecular formula is C8H15NO2. The normalized spacial score (nSPS) is 36.2. The minimum absolute atomic E-state index is 0.128. The Morgan fingerprint density at radius 3 is 2.27 bits per heavy atom. The number of carbonyl (C=O) groups excluding carboxylic acids is 1. The number of rotatable bonds is 1. The Hall–Kier alpha value is -0.570. The number of amides is 1. The number of nitrogens with zero attached hydrogens (tertiary/aromatic N) is 1. The van der Waals surface area contributed by atoms with E-state index in [9.17, 15) is 4.79 Å². The van der Waals surface area contributed by atoms with Gasteiger partial charge in [0.2, 0.25) is 5.91 Å². The number of hydrogen-bond acceptors (Lipinski definition) is 2. The quantitative estimate of drug-likeness (QED) is 0.592. The van der Waals surface area contributed by atoms with Gasteiger partial charge >= 0.3 is 0 Å². The number of carbonyl (C=O) groups is 1. The molecule has 0 aromatic rings. The topological polar surface area (TPSA) is 40.5 Å². The van der Waals surface area contributed by atoms with E-state index >= 15 is 0 Å². The van der Waals surface area contributed by atoms with Gasteiger partial charge in [-0.2, -0.15) is 0 Å². The molecule has 0 saturated heterocycles. The van der Waals surface area contributed by atoms with Crippen LogP contribution in [0, 0.1) is 5.41 Å². The molecule has 0 radical (unpaired) electrons. The van der Waals surface area contributed by atoms with Crippen LogP contribution in [0.3, 0.4) is 0 Å². The van der Waals surface area contributed by atoms with E-state index in [4.69, 9.17) is 5.11 Å². The molecule has 0 aromatic carbocycles. The van der Waals surface area contributed by atoms with Crippen LogP contribution in [0.5, 0.6) is 0 Å². The third-order valence-corrected chi connectivity index (χ3v) is 2.29. The molecule has 0 aromatic heterocycles. The fourth-order valence-electron chi connectivity index (χ4n) is 1.69. The third-order valence-electron chi connectivity index (χ3n) is 2.29. The van der Waals surface area contributed by atoms with Crippen molar-refractivity contribution < 1.29 is 9.90 Å². The summed E-state index contributed by atoms with van der Waals surface area (Å²) in [6, 6.07) is 0. The second-order valence-electron chi connectivity index (χ2n) is 3.82. The van der Waals surface area contributed by atoms with Crippen molar-refractivity contribution in [3.63, 3.8) is 0 Å². The van der Waals surface area contributed by atoms with E-state index in [-0.39, 0.29) is 17.4 Å². The Labute approximate surface area is 67.0 Å². The van der Waals surface area contributed by atoms with Gasteiger partial charge < -0.3 is 10.0 Å². The minimum atomic E-state index is -0.289. The smallest absolute Gasteiger partial charge is 0.228 e. The van der Waals surface area contributed by atoms with E-state index < -0.39 is 0 Å². The summed E-state index contributed by atoms with van der Waals surface area (Å²) < 4.78 is 0. The van der Waals surface area contributed by atoms with Crippen LogP contribution >= 0.6 is 0 Å². The standard InChI is InChI=1S/C8H15NO2/c1-8(4-6(10)5-8)7(11)9(2)3/h6,10H,4-5H2,1-3H3. The first kappa shape index (κ1) is 8.53. The van der Waals surface area contributed by atoms with Gasteiger partial charge in [-0.05, 0) is 12.8 Å². The maximum atomic E-state index is 11.4. The number of aliphatic hydroxyl groups is 1. The maximum Gasteiger partial charge on any atom is 0.228 e. The largest absolute Gasteiger partial charge is 0.393 e. The molecule has 0 unspecified atom stereocenters. The van der Waals surface area contributed by atoms with Gasteiger partial charge in [-0.1, -0.05) is 6.92 Å². The van der Waals surface area contributed by atoms with Crippen molar-refractivity contribution in [2.45, 2.75) is 25.9 Å². The molecule has 1 fully saturated rings. The van der Waals surface area contributed by atoms with Crippen LogP contribution in [0.2, 0.25) is 0 Å². The van der Waals surface area contributed by atoms with Crippen molar-refractivity contribution in [3.8, 4) is 0 Å². The lowest BCUT2D eigenvalue weighted by Crippen LogP contribution is -2.49. The predicted molar refractivity (Wildman–Crippen MR) is 42.0 cm³/mol. The molecule has 0 atom stereocenters. The summed E-state index contributed by atoms with van der Waals surface area (Å²) in [7, 11) is 3.50. The highest BCUT2D eigenvalue weighted by atomic mass is 16.3. The highest BCUT2D eigenvalue weighted by Crippen LogP contribution is 2.41. The molecule has 3 nitrogen and oxygen atoms in total. The van der Waals surface area contributed by atoms with Crippen LogP contribution in [0.15, 0.2) is 0 Å². The Balaban J connectivity index is 2.54. The summed E-state index contributed by atoms with van der Waals surface area (Å²) in [5, 5.41) is 9.04. The fraction of sp³-hybridized carbons (Fsp3) is 0.875. The van der Waals surface area contributed by atoms with Crippen molar-refractivity contribution >= 4 is 5.91 Å². The molecule has 1 N–H and O–H groups in total.